The fraction of sp³-hybridized carbons (Fsp3) is 0.917. The van der Waals surface area contributed by atoms with Crippen LogP contribution in [0.2, 0.25) is 0 Å². The van der Waals surface area contributed by atoms with E-state index < -0.39 is 28.2 Å². The van der Waals surface area contributed by atoms with Crippen molar-refractivity contribution in [2.24, 2.45) is 28.1 Å². The molecule has 0 bridgehead atoms. The van der Waals surface area contributed by atoms with Crippen LogP contribution in [0, 0.1) is 28.1 Å². The fourth-order valence-electron chi connectivity index (χ4n) is 6.31. The first-order valence-corrected chi connectivity index (χ1v) is 11.4. The second-order valence-corrected chi connectivity index (χ2v) is 9.68. The lowest BCUT2D eigenvalue weighted by atomic mass is 9.43. The average molecular weight is 399 g/mol. The lowest BCUT2D eigenvalue weighted by Gasteiger charge is -2.58. The van der Waals surface area contributed by atoms with Crippen LogP contribution in [-0.2, 0) is 9.59 Å². The zero-order valence-electron chi connectivity index (χ0n) is 19.7. The van der Waals surface area contributed by atoms with Crippen molar-refractivity contribution in [1.82, 2.24) is 0 Å². The normalized spacial score (nSPS) is 15.1. The van der Waals surface area contributed by atoms with Crippen molar-refractivity contribution in [3.05, 3.63) is 0 Å². The first-order valence-electron chi connectivity index (χ1n) is 11.4. The zero-order chi connectivity index (χ0) is 22.2. The molecule has 2 N–H and O–H groups in total. The molecule has 0 radical (unpaired) electrons. The molecule has 0 aliphatic rings. The van der Waals surface area contributed by atoms with Gasteiger partial charge >= 0.3 is 11.9 Å². The summed E-state index contributed by atoms with van der Waals surface area (Å²) < 4.78 is 0. The predicted octanol–water partition coefficient (Wildman–Crippen LogP) is 7.02. The van der Waals surface area contributed by atoms with E-state index in [1.165, 1.54) is 0 Å². The van der Waals surface area contributed by atoms with Crippen molar-refractivity contribution in [3.8, 4) is 0 Å². The van der Waals surface area contributed by atoms with E-state index in [4.69, 9.17) is 0 Å². The van der Waals surface area contributed by atoms with Crippen LogP contribution >= 0.6 is 0 Å². The molecule has 0 saturated heterocycles. The van der Waals surface area contributed by atoms with Crippen LogP contribution < -0.4 is 0 Å². The molecule has 0 fully saturated rings. The van der Waals surface area contributed by atoms with Gasteiger partial charge in [0.1, 0.15) is 0 Å². The summed E-state index contributed by atoms with van der Waals surface area (Å²) in [6.45, 7) is 16.5. The average Bonchev–Trinajstić information content (AvgIpc) is 2.57. The molecule has 0 aromatic heterocycles. The Bertz CT molecular complexity index is 479. The van der Waals surface area contributed by atoms with E-state index in [1.54, 1.807) is 0 Å². The molecule has 0 rings (SSSR count). The van der Waals surface area contributed by atoms with Crippen LogP contribution in [0.1, 0.15) is 113 Å². The summed E-state index contributed by atoms with van der Waals surface area (Å²) in [7, 11) is 0. The van der Waals surface area contributed by atoms with Crippen LogP contribution in [0.5, 0.6) is 0 Å². The molecule has 166 valence electrons. The van der Waals surface area contributed by atoms with Gasteiger partial charge in [-0.1, -0.05) is 74.7 Å². The molecule has 0 amide bonds. The molecule has 0 heterocycles. The lowest BCUT2D eigenvalue weighted by Crippen LogP contribution is -2.62. The maximum atomic E-state index is 13.2. The quantitative estimate of drug-likeness (QED) is 0.311. The monoisotopic (exact) mass is 398 g/mol. The minimum atomic E-state index is -1.27. The number of hydrogen-bond donors (Lipinski definition) is 2. The Morgan fingerprint density at radius 2 is 1.11 bits per heavy atom. The standard InChI is InChI=1S/C24H46O4/c1-9-13-23(14-10-2,20(25)26)24(15-11-3,21(27)28)22(12-4,16-18(5)6)17-19(7)8/h18-19H,9-17H2,1-8H3,(H,25,26)(H,27,28). The summed E-state index contributed by atoms with van der Waals surface area (Å²) in [4.78, 5) is 26.1. The number of aliphatic carboxylic acids is 2. The van der Waals surface area contributed by atoms with Gasteiger partial charge in [0.15, 0.2) is 0 Å². The van der Waals surface area contributed by atoms with Crippen LogP contribution in [0.15, 0.2) is 0 Å². The first-order chi connectivity index (χ1) is 13.0. The predicted molar refractivity (Wildman–Crippen MR) is 116 cm³/mol. The number of hydrogen-bond acceptors (Lipinski definition) is 2. The molecule has 1 unspecified atom stereocenters. The SMILES string of the molecule is CCCC(CCC)(C(=O)O)C(CCC)(C(=O)O)C(CC)(CC(C)C)CC(C)C. The largest absolute Gasteiger partial charge is 0.481 e. The molecule has 0 aliphatic carbocycles. The van der Waals surface area contributed by atoms with E-state index in [0.717, 1.165) is 12.8 Å². The van der Waals surface area contributed by atoms with Crippen molar-refractivity contribution in [2.75, 3.05) is 0 Å². The fourth-order valence-corrected chi connectivity index (χ4v) is 6.31. The minimum Gasteiger partial charge on any atom is -0.481 e. The van der Waals surface area contributed by atoms with E-state index in [9.17, 15) is 19.8 Å². The number of carboxylic acids is 2. The Hall–Kier alpha value is -1.06. The van der Waals surface area contributed by atoms with Crippen LogP contribution in [0.4, 0.5) is 0 Å². The topological polar surface area (TPSA) is 74.6 Å². The van der Waals surface area contributed by atoms with Crippen molar-refractivity contribution in [2.45, 2.75) is 113 Å². The highest BCUT2D eigenvalue weighted by molar-refractivity contribution is 5.87. The van der Waals surface area contributed by atoms with Crippen LogP contribution in [-0.4, -0.2) is 22.2 Å². The van der Waals surface area contributed by atoms with Crippen molar-refractivity contribution < 1.29 is 19.8 Å². The van der Waals surface area contributed by atoms with Gasteiger partial charge < -0.3 is 10.2 Å². The molecule has 4 nitrogen and oxygen atoms in total. The molecule has 0 saturated carbocycles. The van der Waals surface area contributed by atoms with Gasteiger partial charge in [0.05, 0.1) is 10.8 Å². The highest BCUT2D eigenvalue weighted by atomic mass is 16.4. The third-order valence-electron chi connectivity index (χ3n) is 6.75. The van der Waals surface area contributed by atoms with Crippen molar-refractivity contribution in [1.29, 1.82) is 0 Å². The second-order valence-electron chi connectivity index (χ2n) is 9.68. The van der Waals surface area contributed by atoms with Gasteiger partial charge in [-0.25, -0.2) is 0 Å². The Morgan fingerprint density at radius 3 is 1.32 bits per heavy atom. The highest BCUT2D eigenvalue weighted by Crippen LogP contribution is 2.64. The third-order valence-corrected chi connectivity index (χ3v) is 6.75. The van der Waals surface area contributed by atoms with E-state index in [2.05, 4.69) is 34.6 Å². The van der Waals surface area contributed by atoms with Crippen molar-refractivity contribution in [3.63, 3.8) is 0 Å². The van der Waals surface area contributed by atoms with Gasteiger partial charge in [-0.05, 0) is 55.8 Å². The molecule has 0 spiro atoms. The van der Waals surface area contributed by atoms with Crippen LogP contribution in [0.25, 0.3) is 0 Å². The van der Waals surface area contributed by atoms with E-state index in [0.29, 0.717) is 56.8 Å². The first kappa shape index (κ1) is 26.9. The second kappa shape index (κ2) is 11.2. The van der Waals surface area contributed by atoms with Gasteiger partial charge in [0, 0.05) is 0 Å². The summed E-state index contributed by atoms with van der Waals surface area (Å²) in [5, 5.41) is 21.4. The summed E-state index contributed by atoms with van der Waals surface area (Å²) >= 11 is 0. The lowest BCUT2D eigenvalue weighted by molar-refractivity contribution is -0.201. The van der Waals surface area contributed by atoms with Gasteiger partial charge in [-0.3, -0.25) is 9.59 Å². The molecular weight excluding hydrogens is 352 g/mol. The summed E-state index contributed by atoms with van der Waals surface area (Å²) in [5.41, 5.74) is -3.05. The summed E-state index contributed by atoms with van der Waals surface area (Å²) in [6.07, 6.45) is 5.46. The highest BCUT2D eigenvalue weighted by Gasteiger charge is 2.68. The number of rotatable bonds is 15. The molecular formula is C24H46O4. The third kappa shape index (κ3) is 4.91. The van der Waals surface area contributed by atoms with Crippen LogP contribution in [0.3, 0.4) is 0 Å². The van der Waals surface area contributed by atoms with E-state index in [-0.39, 0.29) is 0 Å². The zero-order valence-corrected chi connectivity index (χ0v) is 19.7. The molecule has 0 aromatic rings. The summed E-state index contributed by atoms with van der Waals surface area (Å²) in [5.74, 6) is -1.20. The molecule has 1 atom stereocenters. The molecule has 0 aromatic carbocycles. The van der Waals surface area contributed by atoms with E-state index >= 15 is 0 Å². The molecule has 0 aliphatic heterocycles. The Balaban J connectivity index is 7.30. The van der Waals surface area contributed by atoms with Gasteiger partial charge in [-0.15, -0.1) is 0 Å². The van der Waals surface area contributed by atoms with Gasteiger partial charge in [0.25, 0.3) is 0 Å². The Morgan fingerprint density at radius 1 is 0.714 bits per heavy atom. The number of carbonyl (C=O) groups is 2. The van der Waals surface area contributed by atoms with Gasteiger partial charge in [-0.2, -0.15) is 0 Å². The smallest absolute Gasteiger partial charge is 0.311 e. The Kier molecular flexibility index (Phi) is 10.8. The summed E-state index contributed by atoms with van der Waals surface area (Å²) in [6, 6.07) is 0. The van der Waals surface area contributed by atoms with Crippen molar-refractivity contribution >= 4 is 11.9 Å². The number of carboxylic acid groups (broad SMARTS) is 2. The Labute approximate surface area is 173 Å². The minimum absolute atomic E-state index is 0.309. The molecule has 4 heteroatoms. The maximum absolute atomic E-state index is 13.2. The maximum Gasteiger partial charge on any atom is 0.311 e. The molecule has 28 heavy (non-hydrogen) atoms. The van der Waals surface area contributed by atoms with E-state index in [1.807, 2.05) is 20.8 Å². The van der Waals surface area contributed by atoms with Gasteiger partial charge in [0.2, 0.25) is 0 Å².